The van der Waals surface area contributed by atoms with Crippen LogP contribution in [0.5, 0.6) is 5.75 Å². The molecule has 1 nitrogen and oxygen atoms in total. The van der Waals surface area contributed by atoms with Crippen LogP contribution < -0.4 is 4.74 Å². The van der Waals surface area contributed by atoms with Gasteiger partial charge in [0.15, 0.2) is 0 Å². The van der Waals surface area contributed by atoms with Crippen molar-refractivity contribution in [3.05, 3.63) is 42.0 Å². The average Bonchev–Trinajstić information content (AvgIpc) is 2.78. The second-order valence-corrected chi connectivity index (χ2v) is 9.39. The predicted molar refractivity (Wildman–Crippen MR) is 124 cm³/mol. The number of hydrogen-bond acceptors (Lipinski definition) is 1. The van der Waals surface area contributed by atoms with Crippen LogP contribution in [0.4, 0.5) is 0 Å². The minimum Gasteiger partial charge on any atom is -0.497 e. The van der Waals surface area contributed by atoms with Gasteiger partial charge in [-0.1, -0.05) is 76.2 Å². The van der Waals surface area contributed by atoms with Gasteiger partial charge < -0.3 is 4.74 Å². The first kappa shape index (κ1) is 22.0. The van der Waals surface area contributed by atoms with Crippen molar-refractivity contribution in [2.45, 2.75) is 84.0 Å². The molecule has 0 radical (unpaired) electrons. The minimum absolute atomic E-state index is 0.737. The molecular formula is C28H40O. The van der Waals surface area contributed by atoms with Crippen LogP contribution in [0.2, 0.25) is 0 Å². The van der Waals surface area contributed by atoms with Gasteiger partial charge in [0.1, 0.15) is 5.75 Å². The fourth-order valence-corrected chi connectivity index (χ4v) is 5.34. The first-order valence-corrected chi connectivity index (χ1v) is 12.1. The Labute approximate surface area is 179 Å². The van der Waals surface area contributed by atoms with E-state index in [2.05, 4.69) is 30.9 Å². The summed E-state index contributed by atoms with van der Waals surface area (Å²) in [5.74, 6) is 11.1. The molecule has 3 rings (SSSR count). The highest BCUT2D eigenvalue weighted by Gasteiger charge is 2.23. The second-order valence-electron chi connectivity index (χ2n) is 9.39. The molecule has 158 valence electrons. The molecular weight excluding hydrogens is 352 g/mol. The van der Waals surface area contributed by atoms with E-state index in [1.807, 2.05) is 24.3 Å². The normalized spacial score (nSPS) is 27.4. The molecule has 0 amide bonds. The van der Waals surface area contributed by atoms with Gasteiger partial charge in [-0.2, -0.15) is 0 Å². The van der Waals surface area contributed by atoms with Gasteiger partial charge in [0.2, 0.25) is 0 Å². The fraction of sp³-hybridized carbons (Fsp3) is 0.643. The van der Waals surface area contributed by atoms with Gasteiger partial charge in [-0.3, -0.25) is 0 Å². The van der Waals surface area contributed by atoms with Crippen LogP contribution in [0, 0.1) is 35.5 Å². The third kappa shape index (κ3) is 7.58. The van der Waals surface area contributed by atoms with E-state index < -0.39 is 0 Å². The Hall–Kier alpha value is -1.68. The number of allylic oxidation sites excluding steroid dienone is 2. The van der Waals surface area contributed by atoms with Crippen molar-refractivity contribution < 1.29 is 4.74 Å². The smallest absolute Gasteiger partial charge is 0.118 e. The lowest BCUT2D eigenvalue weighted by Crippen LogP contribution is -2.17. The highest BCUT2D eigenvalue weighted by molar-refractivity contribution is 5.40. The Morgan fingerprint density at radius 3 is 1.93 bits per heavy atom. The molecule has 0 bridgehead atoms. The maximum absolute atomic E-state index is 5.19. The highest BCUT2D eigenvalue weighted by Crippen LogP contribution is 2.37. The number of benzene rings is 1. The summed E-state index contributed by atoms with van der Waals surface area (Å²) >= 11 is 0. The van der Waals surface area contributed by atoms with Crippen LogP contribution >= 0.6 is 0 Å². The molecule has 1 aromatic carbocycles. The lowest BCUT2D eigenvalue weighted by Gasteiger charge is -2.31. The van der Waals surface area contributed by atoms with E-state index in [9.17, 15) is 0 Å². The summed E-state index contributed by atoms with van der Waals surface area (Å²) in [6, 6.07) is 7.96. The van der Waals surface area contributed by atoms with Gasteiger partial charge >= 0.3 is 0 Å². The molecule has 0 saturated heterocycles. The summed E-state index contributed by atoms with van der Waals surface area (Å²) in [5.41, 5.74) is 1.04. The lowest BCUT2D eigenvalue weighted by atomic mass is 9.75. The molecule has 29 heavy (non-hydrogen) atoms. The van der Waals surface area contributed by atoms with Gasteiger partial charge in [-0.15, -0.1) is 0 Å². The second kappa shape index (κ2) is 12.1. The molecule has 0 spiro atoms. The monoisotopic (exact) mass is 392 g/mol. The Kier molecular flexibility index (Phi) is 9.20. The first-order valence-electron chi connectivity index (χ1n) is 12.1. The molecule has 0 N–H and O–H groups in total. The molecule has 0 heterocycles. The maximum Gasteiger partial charge on any atom is 0.118 e. The zero-order chi connectivity index (χ0) is 20.3. The molecule has 0 aromatic heterocycles. The molecule has 2 aliphatic rings. The molecule has 1 aromatic rings. The summed E-state index contributed by atoms with van der Waals surface area (Å²) < 4.78 is 5.19. The molecule has 0 atom stereocenters. The Morgan fingerprint density at radius 2 is 1.38 bits per heavy atom. The van der Waals surface area contributed by atoms with Crippen molar-refractivity contribution in [2.75, 3.05) is 7.11 Å². The molecule has 1 heteroatoms. The number of rotatable bonds is 7. The maximum atomic E-state index is 5.19. The topological polar surface area (TPSA) is 9.23 Å². The SMILES string of the molecule is CCC[C@H]1CC[C@H](CC[C@H]2CC[C@H](C=CC#Cc3ccc(OC)cc3)CC2)CC1. The zero-order valence-electron chi connectivity index (χ0n) is 18.7. The van der Waals surface area contributed by atoms with Gasteiger partial charge in [-0.05, 0) is 79.7 Å². The zero-order valence-corrected chi connectivity index (χ0v) is 18.7. The molecule has 0 unspecified atom stereocenters. The van der Waals surface area contributed by atoms with Gasteiger partial charge in [-0.25, -0.2) is 0 Å². The predicted octanol–water partition coefficient (Wildman–Crippen LogP) is 7.80. The standard InChI is InChI=1S/C28H40O/c1-3-6-23-9-13-26(14-10-23)17-18-27-15-11-24(12-16-27)7-4-5-8-25-19-21-28(29-2)22-20-25/h4,7,19-24,26-27H,3,6,9-18H2,1-2H3/t23-,24-,26-,27-. The van der Waals surface area contributed by atoms with Crippen molar-refractivity contribution in [3.8, 4) is 17.6 Å². The summed E-state index contributed by atoms with van der Waals surface area (Å²) in [6.45, 7) is 2.34. The van der Waals surface area contributed by atoms with E-state index in [1.54, 1.807) is 7.11 Å². The van der Waals surface area contributed by atoms with E-state index >= 15 is 0 Å². The Morgan fingerprint density at radius 1 is 0.828 bits per heavy atom. The van der Waals surface area contributed by atoms with Crippen molar-refractivity contribution in [2.24, 2.45) is 23.7 Å². The lowest BCUT2D eigenvalue weighted by molar-refractivity contribution is 0.221. The molecule has 2 saturated carbocycles. The van der Waals surface area contributed by atoms with E-state index in [-0.39, 0.29) is 0 Å². The van der Waals surface area contributed by atoms with E-state index in [0.29, 0.717) is 0 Å². The largest absolute Gasteiger partial charge is 0.497 e. The quantitative estimate of drug-likeness (QED) is 0.430. The van der Waals surface area contributed by atoms with Crippen molar-refractivity contribution in [3.63, 3.8) is 0 Å². The third-order valence-electron chi connectivity index (χ3n) is 7.30. The summed E-state index contributed by atoms with van der Waals surface area (Å²) in [7, 11) is 1.69. The first-order chi connectivity index (χ1) is 14.3. The van der Waals surface area contributed by atoms with E-state index in [1.165, 1.54) is 77.0 Å². The fourth-order valence-electron chi connectivity index (χ4n) is 5.34. The van der Waals surface area contributed by atoms with Gasteiger partial charge in [0.05, 0.1) is 7.11 Å². The summed E-state index contributed by atoms with van der Waals surface area (Å²) in [6.07, 6.45) is 21.8. The molecule has 2 fully saturated rings. The minimum atomic E-state index is 0.737. The Bertz CT molecular complexity index is 659. The summed E-state index contributed by atoms with van der Waals surface area (Å²) in [4.78, 5) is 0. The summed E-state index contributed by atoms with van der Waals surface area (Å²) in [5, 5.41) is 0. The van der Waals surface area contributed by atoms with E-state index in [0.717, 1.165) is 35.0 Å². The van der Waals surface area contributed by atoms with Crippen LogP contribution in [0.25, 0.3) is 0 Å². The van der Waals surface area contributed by atoms with Crippen LogP contribution in [0.15, 0.2) is 36.4 Å². The van der Waals surface area contributed by atoms with Crippen LogP contribution in [-0.4, -0.2) is 7.11 Å². The molecule has 0 aliphatic heterocycles. The van der Waals surface area contributed by atoms with Gasteiger partial charge in [0, 0.05) is 5.56 Å². The van der Waals surface area contributed by atoms with Crippen molar-refractivity contribution in [1.82, 2.24) is 0 Å². The number of methoxy groups -OCH3 is 1. The van der Waals surface area contributed by atoms with Crippen LogP contribution in [0.1, 0.15) is 89.5 Å². The van der Waals surface area contributed by atoms with Crippen molar-refractivity contribution in [1.29, 1.82) is 0 Å². The third-order valence-corrected chi connectivity index (χ3v) is 7.30. The van der Waals surface area contributed by atoms with Crippen LogP contribution in [-0.2, 0) is 0 Å². The highest BCUT2D eigenvalue weighted by atomic mass is 16.5. The molecule has 2 aliphatic carbocycles. The van der Waals surface area contributed by atoms with Crippen LogP contribution in [0.3, 0.4) is 0 Å². The number of ether oxygens (including phenoxy) is 1. The number of hydrogen-bond donors (Lipinski definition) is 0. The van der Waals surface area contributed by atoms with E-state index in [4.69, 9.17) is 4.74 Å². The van der Waals surface area contributed by atoms with Gasteiger partial charge in [0.25, 0.3) is 0 Å². The van der Waals surface area contributed by atoms with Crippen molar-refractivity contribution >= 4 is 0 Å². The Balaban J connectivity index is 1.31. The average molecular weight is 393 g/mol.